The van der Waals surface area contributed by atoms with Gasteiger partial charge in [0.2, 0.25) is 10.0 Å². The number of aromatic nitrogens is 1. The van der Waals surface area contributed by atoms with Crippen LogP contribution < -0.4 is 4.72 Å². The fourth-order valence-electron chi connectivity index (χ4n) is 2.68. The Bertz CT molecular complexity index is 636. The number of aromatic carboxylic acids is 1. The van der Waals surface area contributed by atoms with Gasteiger partial charge in [0, 0.05) is 18.8 Å². The molecule has 2 N–H and O–H groups in total. The molecule has 0 amide bonds. The fourth-order valence-corrected chi connectivity index (χ4v) is 4.16. The average molecular weight is 316 g/mol. The number of nitrogens with one attached hydrogen (secondary N) is 1. The number of hydrogen-bond acceptors (Lipinski definition) is 3. The van der Waals surface area contributed by atoms with E-state index in [1.807, 2.05) is 34.6 Å². The highest BCUT2D eigenvalue weighted by Crippen LogP contribution is 2.28. The smallest absolute Gasteiger partial charge is 0.352 e. The molecular weight excluding hydrogens is 292 g/mol. The molecule has 0 aliphatic carbocycles. The van der Waals surface area contributed by atoms with E-state index >= 15 is 0 Å². The second kappa shape index (κ2) is 5.46. The van der Waals surface area contributed by atoms with Gasteiger partial charge in [0.15, 0.2) is 0 Å². The first-order valence-electron chi connectivity index (χ1n) is 6.67. The van der Waals surface area contributed by atoms with Crippen molar-refractivity contribution in [2.24, 2.45) is 12.5 Å². The van der Waals surface area contributed by atoms with Crippen LogP contribution in [0.5, 0.6) is 0 Å². The van der Waals surface area contributed by atoms with Crippen LogP contribution in [0.15, 0.2) is 17.2 Å². The maximum absolute atomic E-state index is 12.4. The van der Waals surface area contributed by atoms with Crippen LogP contribution in [-0.4, -0.2) is 29.6 Å². The Morgan fingerprint density at radius 2 is 1.81 bits per heavy atom. The van der Waals surface area contributed by atoms with Crippen LogP contribution in [-0.2, 0) is 17.1 Å². The molecule has 0 aromatic carbocycles. The van der Waals surface area contributed by atoms with Gasteiger partial charge in [-0.25, -0.2) is 17.9 Å². The number of rotatable bonds is 5. The molecule has 0 fully saturated rings. The normalized spacial score (nSPS) is 13.4. The Kier molecular flexibility index (Phi) is 4.60. The number of carbonyl (C=O) groups is 1. The van der Waals surface area contributed by atoms with Crippen LogP contribution in [0.1, 0.15) is 51.5 Å². The van der Waals surface area contributed by atoms with Crippen molar-refractivity contribution < 1.29 is 18.3 Å². The maximum atomic E-state index is 12.4. The van der Waals surface area contributed by atoms with Crippen LogP contribution in [0, 0.1) is 5.41 Å². The number of hydrogen-bond donors (Lipinski definition) is 2. The zero-order chi connectivity index (χ0) is 16.6. The second-order valence-corrected chi connectivity index (χ2v) is 8.89. The predicted molar refractivity (Wildman–Crippen MR) is 80.8 cm³/mol. The van der Waals surface area contributed by atoms with Gasteiger partial charge in [-0.1, -0.05) is 20.8 Å². The van der Waals surface area contributed by atoms with Gasteiger partial charge in [-0.05, 0) is 31.7 Å². The molecule has 21 heavy (non-hydrogen) atoms. The van der Waals surface area contributed by atoms with E-state index in [0.29, 0.717) is 6.42 Å². The van der Waals surface area contributed by atoms with Gasteiger partial charge in [0.05, 0.1) is 0 Å². The minimum atomic E-state index is -3.76. The Labute approximate surface area is 126 Å². The van der Waals surface area contributed by atoms with Gasteiger partial charge < -0.3 is 9.67 Å². The summed E-state index contributed by atoms with van der Waals surface area (Å²) in [7, 11) is -2.26. The summed E-state index contributed by atoms with van der Waals surface area (Å²) in [5.41, 5.74) is -0.727. The quantitative estimate of drug-likeness (QED) is 0.871. The molecule has 0 radical (unpaired) electrons. The summed E-state index contributed by atoms with van der Waals surface area (Å²) in [5, 5.41) is 8.99. The molecular formula is C14H24N2O4S. The first-order valence-corrected chi connectivity index (χ1v) is 8.15. The van der Waals surface area contributed by atoms with Crippen molar-refractivity contribution in [2.75, 3.05) is 0 Å². The Morgan fingerprint density at radius 1 is 1.29 bits per heavy atom. The lowest BCUT2D eigenvalue weighted by atomic mass is 9.82. The lowest BCUT2D eigenvalue weighted by Gasteiger charge is -2.32. The molecule has 1 rings (SSSR count). The maximum Gasteiger partial charge on any atom is 0.352 e. The molecule has 0 spiro atoms. The highest BCUT2D eigenvalue weighted by molar-refractivity contribution is 7.89. The van der Waals surface area contributed by atoms with Crippen molar-refractivity contribution in [3.8, 4) is 0 Å². The zero-order valence-electron chi connectivity index (χ0n) is 13.4. The molecule has 0 saturated heterocycles. The van der Waals surface area contributed by atoms with Gasteiger partial charge in [-0.15, -0.1) is 0 Å². The van der Waals surface area contributed by atoms with E-state index in [2.05, 4.69) is 4.72 Å². The third-order valence-corrected chi connectivity index (χ3v) is 4.56. The molecule has 0 unspecified atom stereocenters. The van der Waals surface area contributed by atoms with Crippen molar-refractivity contribution in [3.05, 3.63) is 18.0 Å². The molecule has 0 atom stereocenters. The third kappa shape index (κ3) is 4.86. The minimum absolute atomic E-state index is 0.0328. The Balaban J connectivity index is 3.07. The van der Waals surface area contributed by atoms with Crippen molar-refractivity contribution >= 4 is 16.0 Å². The third-order valence-electron chi connectivity index (χ3n) is 2.89. The molecule has 1 aromatic rings. The number of carboxylic acid groups (broad SMARTS) is 1. The number of nitrogens with zero attached hydrogens (tertiary/aromatic N) is 1. The highest BCUT2D eigenvalue weighted by Gasteiger charge is 2.31. The van der Waals surface area contributed by atoms with Crippen LogP contribution >= 0.6 is 0 Å². The van der Waals surface area contributed by atoms with Crippen molar-refractivity contribution in [1.82, 2.24) is 9.29 Å². The average Bonchev–Trinajstić information content (AvgIpc) is 2.54. The number of aryl methyl sites for hydroxylation is 1. The van der Waals surface area contributed by atoms with Crippen molar-refractivity contribution in [1.29, 1.82) is 0 Å². The van der Waals surface area contributed by atoms with Crippen LogP contribution in [0.25, 0.3) is 0 Å². The van der Waals surface area contributed by atoms with Crippen LogP contribution in [0.3, 0.4) is 0 Å². The second-order valence-electron chi connectivity index (χ2n) is 7.20. The minimum Gasteiger partial charge on any atom is -0.477 e. The van der Waals surface area contributed by atoms with E-state index in [4.69, 9.17) is 5.11 Å². The largest absolute Gasteiger partial charge is 0.477 e. The predicted octanol–water partition coefficient (Wildman–Crippen LogP) is 2.22. The zero-order valence-corrected chi connectivity index (χ0v) is 14.2. The van der Waals surface area contributed by atoms with E-state index in [-0.39, 0.29) is 16.0 Å². The van der Waals surface area contributed by atoms with Gasteiger partial charge in [0.1, 0.15) is 10.6 Å². The first kappa shape index (κ1) is 17.7. The monoisotopic (exact) mass is 316 g/mol. The summed E-state index contributed by atoms with van der Waals surface area (Å²) in [6.45, 7) is 9.74. The fraction of sp³-hybridized carbons (Fsp3) is 0.643. The molecule has 0 saturated carbocycles. The van der Waals surface area contributed by atoms with Crippen molar-refractivity contribution in [3.63, 3.8) is 0 Å². The summed E-state index contributed by atoms with van der Waals surface area (Å²) in [6.07, 6.45) is 1.96. The molecule has 0 bridgehead atoms. The summed E-state index contributed by atoms with van der Waals surface area (Å²) in [5.74, 6) is -1.16. The van der Waals surface area contributed by atoms with E-state index in [1.165, 1.54) is 17.8 Å². The lowest BCUT2D eigenvalue weighted by Crippen LogP contribution is -2.45. The van der Waals surface area contributed by atoms with E-state index in [0.717, 1.165) is 6.07 Å². The summed E-state index contributed by atoms with van der Waals surface area (Å²) in [6, 6.07) is 1.16. The summed E-state index contributed by atoms with van der Waals surface area (Å²) < 4.78 is 28.7. The van der Waals surface area contributed by atoms with Gasteiger partial charge >= 0.3 is 5.97 Å². The number of carboxylic acids is 1. The van der Waals surface area contributed by atoms with Crippen LogP contribution in [0.4, 0.5) is 0 Å². The van der Waals surface area contributed by atoms with E-state index < -0.39 is 21.5 Å². The standard InChI is InChI=1S/C14H24N2O4S/c1-13(2,3)9-14(4,5)15-21(19,20)10-7-11(12(17)18)16(6)8-10/h7-8,15H,9H2,1-6H3,(H,17,18). The SMILES string of the molecule is Cn1cc(S(=O)(=O)NC(C)(C)CC(C)(C)C)cc1C(=O)O. The molecule has 7 heteroatoms. The van der Waals surface area contributed by atoms with Gasteiger partial charge in [-0.3, -0.25) is 0 Å². The summed E-state index contributed by atoms with van der Waals surface area (Å²) in [4.78, 5) is 11.0. The first-order chi connectivity index (χ1) is 9.23. The molecule has 6 nitrogen and oxygen atoms in total. The molecule has 1 heterocycles. The van der Waals surface area contributed by atoms with Gasteiger partial charge in [-0.2, -0.15) is 0 Å². The van der Waals surface area contributed by atoms with E-state index in [9.17, 15) is 13.2 Å². The van der Waals surface area contributed by atoms with Crippen molar-refractivity contribution in [2.45, 2.75) is 51.5 Å². The number of sulfonamides is 1. The lowest BCUT2D eigenvalue weighted by molar-refractivity contribution is 0.0686. The van der Waals surface area contributed by atoms with E-state index in [1.54, 1.807) is 0 Å². The Morgan fingerprint density at radius 3 is 2.19 bits per heavy atom. The van der Waals surface area contributed by atoms with Gasteiger partial charge in [0.25, 0.3) is 0 Å². The molecule has 0 aliphatic rings. The highest BCUT2D eigenvalue weighted by atomic mass is 32.2. The summed E-state index contributed by atoms with van der Waals surface area (Å²) >= 11 is 0. The topological polar surface area (TPSA) is 88.4 Å². The van der Waals surface area contributed by atoms with Crippen LogP contribution in [0.2, 0.25) is 0 Å². The Hall–Kier alpha value is -1.34. The molecule has 120 valence electrons. The molecule has 0 aliphatic heterocycles. The molecule has 1 aromatic heterocycles.